The summed E-state index contributed by atoms with van der Waals surface area (Å²) in [5.74, 6) is -0.440. The molecule has 3 rings (SSSR count). The van der Waals surface area contributed by atoms with E-state index in [9.17, 15) is 9.59 Å². The largest absolute Gasteiger partial charge is 0.465 e. The zero-order valence-electron chi connectivity index (χ0n) is 13.6. The van der Waals surface area contributed by atoms with Crippen molar-refractivity contribution in [3.8, 4) is 11.1 Å². The van der Waals surface area contributed by atoms with Crippen LogP contribution < -0.4 is 5.56 Å². The molecule has 1 aromatic carbocycles. The summed E-state index contributed by atoms with van der Waals surface area (Å²) in [5, 5.41) is 2.49. The van der Waals surface area contributed by atoms with Crippen molar-refractivity contribution in [2.45, 2.75) is 26.8 Å². The first-order valence-corrected chi connectivity index (χ1v) is 8.73. The van der Waals surface area contributed by atoms with Gasteiger partial charge in [-0.25, -0.2) is 4.98 Å². The minimum absolute atomic E-state index is 0.125. The van der Waals surface area contributed by atoms with E-state index in [0.717, 1.165) is 17.5 Å². The third-order valence-corrected chi connectivity index (χ3v) is 4.73. The van der Waals surface area contributed by atoms with Crippen molar-refractivity contribution >= 4 is 27.5 Å². The number of aromatic nitrogens is 2. The summed E-state index contributed by atoms with van der Waals surface area (Å²) in [6, 6.07) is 8.16. The van der Waals surface area contributed by atoms with Crippen molar-refractivity contribution in [3.05, 3.63) is 51.9 Å². The second kappa shape index (κ2) is 6.97. The topological polar surface area (TPSA) is 61.2 Å². The highest BCUT2D eigenvalue weighted by molar-refractivity contribution is 7.17. The molecule has 0 spiro atoms. The third kappa shape index (κ3) is 3.10. The zero-order chi connectivity index (χ0) is 17.1. The molecule has 0 N–H and O–H groups in total. The number of esters is 1. The Labute approximate surface area is 143 Å². The number of thiophene rings is 1. The van der Waals surface area contributed by atoms with Crippen LogP contribution in [0.4, 0.5) is 0 Å². The van der Waals surface area contributed by atoms with Crippen LogP contribution in [0.3, 0.4) is 0 Å². The van der Waals surface area contributed by atoms with Gasteiger partial charge in [-0.3, -0.25) is 14.2 Å². The molecule has 0 aliphatic rings. The molecule has 0 saturated carbocycles. The number of carbonyl (C=O) groups is 1. The van der Waals surface area contributed by atoms with Gasteiger partial charge in [0.25, 0.3) is 5.56 Å². The van der Waals surface area contributed by atoms with Crippen molar-refractivity contribution < 1.29 is 9.53 Å². The molecule has 2 aromatic heterocycles. The first-order valence-electron chi connectivity index (χ1n) is 7.85. The molecule has 0 saturated heterocycles. The Morgan fingerprint density at radius 1 is 1.25 bits per heavy atom. The fourth-order valence-electron chi connectivity index (χ4n) is 2.56. The van der Waals surface area contributed by atoms with Crippen LogP contribution in [-0.2, 0) is 22.5 Å². The number of hydrogen-bond acceptors (Lipinski definition) is 5. The Hall–Kier alpha value is -2.47. The fourth-order valence-corrected chi connectivity index (χ4v) is 3.46. The van der Waals surface area contributed by atoms with Crippen molar-refractivity contribution in [2.75, 3.05) is 6.61 Å². The van der Waals surface area contributed by atoms with Gasteiger partial charge >= 0.3 is 5.97 Å². The molecule has 0 fully saturated rings. The first kappa shape index (κ1) is 16.4. The number of ether oxygens (including phenoxy) is 1. The van der Waals surface area contributed by atoms with E-state index in [1.54, 1.807) is 6.92 Å². The molecule has 0 radical (unpaired) electrons. The van der Waals surface area contributed by atoms with Gasteiger partial charge in [-0.15, -0.1) is 11.3 Å². The van der Waals surface area contributed by atoms with Gasteiger partial charge in [0.2, 0.25) is 0 Å². The molecule has 5 nitrogen and oxygen atoms in total. The highest BCUT2D eigenvalue weighted by Gasteiger charge is 2.15. The van der Waals surface area contributed by atoms with E-state index in [1.807, 2.05) is 17.5 Å². The minimum Gasteiger partial charge on any atom is -0.465 e. The van der Waals surface area contributed by atoms with Crippen molar-refractivity contribution in [1.29, 1.82) is 0 Å². The number of nitrogens with zero attached hydrogens (tertiary/aromatic N) is 2. The highest BCUT2D eigenvalue weighted by atomic mass is 32.1. The highest BCUT2D eigenvalue weighted by Crippen LogP contribution is 2.30. The lowest BCUT2D eigenvalue weighted by Gasteiger charge is -2.06. The van der Waals surface area contributed by atoms with E-state index < -0.39 is 5.97 Å². The SMILES string of the molecule is CCOC(=O)Cn1cnc2scc(-c3ccc(CC)cc3)c2c1=O. The molecule has 24 heavy (non-hydrogen) atoms. The van der Waals surface area contributed by atoms with E-state index in [4.69, 9.17) is 4.74 Å². The summed E-state index contributed by atoms with van der Waals surface area (Å²) in [4.78, 5) is 29.4. The molecule has 0 amide bonds. The summed E-state index contributed by atoms with van der Waals surface area (Å²) >= 11 is 1.43. The van der Waals surface area contributed by atoms with Gasteiger partial charge in [-0.2, -0.15) is 0 Å². The summed E-state index contributed by atoms with van der Waals surface area (Å²) in [5.41, 5.74) is 2.86. The van der Waals surface area contributed by atoms with Crippen molar-refractivity contribution in [3.63, 3.8) is 0 Å². The van der Waals surface area contributed by atoms with Crippen LogP contribution in [0.5, 0.6) is 0 Å². The van der Waals surface area contributed by atoms with Gasteiger partial charge in [0.05, 0.1) is 18.3 Å². The molecule has 0 aliphatic heterocycles. The molecule has 124 valence electrons. The van der Waals surface area contributed by atoms with Crippen LogP contribution in [0.2, 0.25) is 0 Å². The summed E-state index contributed by atoms with van der Waals surface area (Å²) in [6.45, 7) is 4.00. The molecule has 6 heteroatoms. The van der Waals surface area contributed by atoms with Crippen LogP contribution in [0.1, 0.15) is 19.4 Å². The fraction of sp³-hybridized carbons (Fsp3) is 0.278. The number of carbonyl (C=O) groups excluding carboxylic acids is 1. The Morgan fingerprint density at radius 3 is 2.67 bits per heavy atom. The molecular weight excluding hydrogens is 324 g/mol. The number of aryl methyl sites for hydroxylation is 1. The van der Waals surface area contributed by atoms with E-state index in [1.165, 1.54) is 27.8 Å². The monoisotopic (exact) mass is 342 g/mol. The number of hydrogen-bond donors (Lipinski definition) is 0. The zero-order valence-corrected chi connectivity index (χ0v) is 14.4. The number of rotatable bonds is 5. The first-order chi connectivity index (χ1) is 11.6. The van der Waals surface area contributed by atoms with Gasteiger partial charge in [-0.1, -0.05) is 31.2 Å². The van der Waals surface area contributed by atoms with E-state index in [2.05, 4.69) is 24.0 Å². The Kier molecular flexibility index (Phi) is 4.76. The molecular formula is C18H18N2O3S. The van der Waals surface area contributed by atoms with Gasteiger partial charge in [0.1, 0.15) is 11.4 Å². The second-order valence-electron chi connectivity index (χ2n) is 5.36. The molecule has 0 bridgehead atoms. The van der Waals surface area contributed by atoms with E-state index in [0.29, 0.717) is 10.2 Å². The minimum atomic E-state index is -0.440. The van der Waals surface area contributed by atoms with Crippen molar-refractivity contribution in [2.24, 2.45) is 0 Å². The van der Waals surface area contributed by atoms with Crippen LogP contribution in [0.25, 0.3) is 21.3 Å². The Morgan fingerprint density at radius 2 is 2.00 bits per heavy atom. The van der Waals surface area contributed by atoms with Crippen LogP contribution in [0, 0.1) is 0 Å². The maximum absolute atomic E-state index is 12.8. The second-order valence-corrected chi connectivity index (χ2v) is 6.22. The summed E-state index contributed by atoms with van der Waals surface area (Å²) in [7, 11) is 0. The molecule has 2 heterocycles. The lowest BCUT2D eigenvalue weighted by atomic mass is 10.0. The summed E-state index contributed by atoms with van der Waals surface area (Å²) in [6.07, 6.45) is 2.38. The average molecular weight is 342 g/mol. The average Bonchev–Trinajstić information content (AvgIpc) is 3.02. The maximum atomic E-state index is 12.8. The predicted octanol–water partition coefficient (Wildman–Crippen LogP) is 3.25. The maximum Gasteiger partial charge on any atom is 0.326 e. The number of benzene rings is 1. The lowest BCUT2D eigenvalue weighted by molar-refractivity contribution is -0.143. The third-order valence-electron chi connectivity index (χ3n) is 3.84. The van der Waals surface area contributed by atoms with Gasteiger partial charge in [0, 0.05) is 10.9 Å². The van der Waals surface area contributed by atoms with E-state index in [-0.39, 0.29) is 18.7 Å². The van der Waals surface area contributed by atoms with Crippen LogP contribution in [0.15, 0.2) is 40.8 Å². The van der Waals surface area contributed by atoms with Crippen LogP contribution in [-0.4, -0.2) is 22.1 Å². The van der Waals surface area contributed by atoms with Crippen LogP contribution >= 0.6 is 11.3 Å². The smallest absolute Gasteiger partial charge is 0.326 e. The predicted molar refractivity (Wildman–Crippen MR) is 95.3 cm³/mol. The van der Waals surface area contributed by atoms with Gasteiger partial charge in [-0.05, 0) is 24.5 Å². The molecule has 0 aliphatic carbocycles. The molecule has 0 atom stereocenters. The summed E-state index contributed by atoms with van der Waals surface area (Å²) < 4.78 is 6.21. The Bertz CT molecular complexity index is 926. The van der Waals surface area contributed by atoms with E-state index >= 15 is 0 Å². The number of fused-ring (bicyclic) bond motifs is 1. The Balaban J connectivity index is 2.06. The standard InChI is InChI=1S/C18H18N2O3S/c1-3-12-5-7-13(8-6-12)14-10-24-17-16(14)18(22)20(11-19-17)9-15(21)23-4-2/h5-8,10-11H,3-4,9H2,1-2H3. The van der Waals surface area contributed by atoms with Gasteiger partial charge in [0.15, 0.2) is 0 Å². The molecule has 0 unspecified atom stereocenters. The molecule has 3 aromatic rings. The quantitative estimate of drug-likeness (QED) is 0.668. The normalized spacial score (nSPS) is 10.9. The van der Waals surface area contributed by atoms with Crippen molar-refractivity contribution in [1.82, 2.24) is 9.55 Å². The van der Waals surface area contributed by atoms with Gasteiger partial charge < -0.3 is 4.74 Å². The lowest BCUT2D eigenvalue weighted by Crippen LogP contribution is -2.25.